The minimum atomic E-state index is -1.18. The third-order valence-electron chi connectivity index (χ3n) is 18.7. The molecule has 0 radical (unpaired) electrons. The average Bonchev–Trinajstić information content (AvgIpc) is 1.31. The van der Waals surface area contributed by atoms with Gasteiger partial charge in [0.25, 0.3) is 11.8 Å². The Morgan fingerprint density at radius 1 is 0.312 bits per heavy atom. The van der Waals surface area contributed by atoms with Crippen LogP contribution >= 0.6 is 46.1 Å². The van der Waals surface area contributed by atoms with Crippen LogP contribution in [0.5, 0.6) is 0 Å². The average molecular weight is 2090 g/mol. The standard InChI is InChI=1S/2C17H22FN5O2S.C17H20FN5OS.2C13H15F2N3O.C7H2F3N.C6H14N2O.C4H6N2S.H2O2/c2*1-8(2)4-13(16(19)24)21-10-6-11(18)15(17(20)25)12(7-10)22-14-5-9(3)23-26-14;1-9(2)4-15(17(20)24)21-11-6-13(18)12(8-19)14(7-11)22-16-5-10(3)23-25-16;1-7(2)3-12(13(17)19)18-8-4-10(14)9(6-16)11(15)5-8;1-7(2)3-12(13(17)19)18-11-5-8(14)4-10(15)9(11)6-16;8-4-1-6(9)5(3-11)7(10)2-4;1-4(2)3-5(7)6(8)9;1-3-2-4(5)7-6-3;1-2/h2*5-8,13,21-22H,4H2,1-3H3,(H2,19,24)(H2,20,25);5-7,9,15,21-22H,4H2,1-3H3,(H2,20,24);2*4-5,7,12,18H,3H2,1-2H3,(H2,17,19);1-2H;4-5H,3,7H2,1-2H3,(H2,8,9);2H,5H2,1H3;1-2H/t2*13-;15-;2*12-;;5-;;/m11111.1../s1. The van der Waals surface area contributed by atoms with Gasteiger partial charge in [0.15, 0.2) is 0 Å². The molecule has 0 saturated carbocycles. The molecule has 6 aromatic carbocycles. The largest absolute Gasteiger partial charge is 0.389 e. The van der Waals surface area contributed by atoms with Gasteiger partial charge in [-0.3, -0.25) is 48.9 Å². The summed E-state index contributed by atoms with van der Waals surface area (Å²) in [7, 11) is 0. The van der Waals surface area contributed by atoms with Crippen molar-refractivity contribution in [2.45, 2.75) is 186 Å². The first-order valence-electron chi connectivity index (χ1n) is 43.5. The fourth-order valence-corrected chi connectivity index (χ4v) is 15.0. The van der Waals surface area contributed by atoms with E-state index >= 15 is 0 Å². The summed E-state index contributed by atoms with van der Waals surface area (Å²) in [5, 5.41) is 72.6. The lowest BCUT2D eigenvalue weighted by atomic mass is 10.0. The first kappa shape index (κ1) is 125. The van der Waals surface area contributed by atoms with Gasteiger partial charge in [-0.2, -0.15) is 38.5 Å². The van der Waals surface area contributed by atoms with E-state index in [9.17, 15) is 87.5 Å². The SMILES string of the molecule is CC(C)C[C@@H](N)C(N)=O.CC(C)C[C@@H](Nc1cc(F)c(C#N)c(F)c1)C(N)=O.CC(C)C[C@@H](Nc1cc(F)cc(F)c1C#N)C(N)=O.Cc1cc(N)sn1.Cc1cc(Nc2cc(N[C@H](CC(C)C)C(N)=O)cc(F)c2C#N)sn1.Cc1cc(Nc2cc(N[C@H](CC(C)C)C(N)=O)cc(F)c2C(N)=O)sn1.Cc1cc(Nc2cc(N[C@H](CC(C)C)C(N)=O)cc(F)c2C(N)=O)sn1.N#Cc1c(F)cc(F)cc1F.OO. The molecule has 50 heteroatoms. The number of aromatic nitrogens is 4. The topological polar surface area (TPSA) is 680 Å². The molecule has 778 valence electrons. The summed E-state index contributed by atoms with van der Waals surface area (Å²) in [6.45, 7) is 30.7. The van der Waals surface area contributed by atoms with E-state index < -0.39 is 153 Å². The summed E-state index contributed by atoms with van der Waals surface area (Å²) >= 11 is 4.89. The van der Waals surface area contributed by atoms with Gasteiger partial charge in [-0.25, -0.2) is 43.9 Å². The molecule has 0 spiro atoms. The van der Waals surface area contributed by atoms with Crippen molar-refractivity contribution >= 4 is 159 Å². The number of benzene rings is 6. The van der Waals surface area contributed by atoms with E-state index in [0.717, 1.165) is 58.1 Å². The molecule has 0 fully saturated rings. The second kappa shape index (κ2) is 61.6. The number of rotatable bonds is 36. The number of amides is 8. The number of carbonyl (C=O) groups excluding carboxylic acids is 8. The second-order valence-corrected chi connectivity index (χ2v) is 37.5. The van der Waals surface area contributed by atoms with Gasteiger partial charge >= 0.3 is 0 Å². The number of nitrogen functional groups attached to an aromatic ring is 1. The van der Waals surface area contributed by atoms with Crippen molar-refractivity contribution in [3.05, 3.63) is 211 Å². The lowest BCUT2D eigenvalue weighted by Gasteiger charge is -2.20. The minimum absolute atomic E-state index is 0.0653. The van der Waals surface area contributed by atoms with Crippen LogP contribution in [0.2, 0.25) is 0 Å². The Morgan fingerprint density at radius 2 is 0.549 bits per heavy atom. The number of aryl methyl sites for hydroxylation is 4. The highest BCUT2D eigenvalue weighted by Gasteiger charge is 2.28. The molecule has 10 aromatic rings. The van der Waals surface area contributed by atoms with E-state index in [1.165, 1.54) is 76.5 Å². The number of anilines is 12. The number of hydrogen-bond donors (Lipinski definition) is 20. The predicted molar refractivity (Wildman–Crippen MR) is 538 cm³/mol. The van der Waals surface area contributed by atoms with Crippen molar-refractivity contribution < 1.29 is 92.8 Å². The molecular formula is C94H118F10N26O10S4. The highest BCUT2D eigenvalue weighted by atomic mass is 32.1. The predicted octanol–water partition coefficient (Wildman–Crippen LogP) is 16.2. The highest BCUT2D eigenvalue weighted by Crippen LogP contribution is 2.35. The van der Waals surface area contributed by atoms with Gasteiger partial charge in [-0.15, -0.1) is 0 Å². The minimum Gasteiger partial charge on any atom is -0.389 e. The zero-order valence-electron chi connectivity index (χ0n) is 81.3. The molecule has 8 amide bonds. The second-order valence-electron chi connectivity index (χ2n) is 34.2. The summed E-state index contributed by atoms with van der Waals surface area (Å²) in [6, 6.07) is 22.0. The number of hydrogen-bond acceptors (Lipinski definition) is 32. The van der Waals surface area contributed by atoms with Crippen LogP contribution in [-0.2, 0) is 28.8 Å². The lowest BCUT2D eigenvalue weighted by Crippen LogP contribution is -2.37. The van der Waals surface area contributed by atoms with Gasteiger partial charge in [0.1, 0.15) is 155 Å². The molecule has 144 heavy (non-hydrogen) atoms. The van der Waals surface area contributed by atoms with Crippen molar-refractivity contribution in [1.29, 1.82) is 21.0 Å². The molecule has 0 unspecified atom stereocenters. The Kier molecular flexibility index (Phi) is 53.5. The molecule has 4 aromatic heterocycles. The Bertz CT molecular complexity index is 5980. The summed E-state index contributed by atoms with van der Waals surface area (Å²) in [4.78, 5) is 91.1. The van der Waals surface area contributed by atoms with Gasteiger partial charge in [0.2, 0.25) is 35.4 Å². The van der Waals surface area contributed by atoms with Crippen LogP contribution in [0.1, 0.15) is 187 Å². The first-order valence-corrected chi connectivity index (χ1v) is 46.6. The molecule has 0 aliphatic carbocycles. The van der Waals surface area contributed by atoms with Crippen LogP contribution < -0.4 is 99.9 Å². The van der Waals surface area contributed by atoms with Crippen molar-refractivity contribution in [2.75, 3.05) is 48.3 Å². The number of nitrogens with one attached hydrogen (secondary N) is 8. The van der Waals surface area contributed by atoms with Crippen LogP contribution in [0.25, 0.3) is 0 Å². The summed E-state index contributed by atoms with van der Waals surface area (Å²) < 4.78 is 150. The fourth-order valence-electron chi connectivity index (χ4n) is 12.4. The summed E-state index contributed by atoms with van der Waals surface area (Å²) in [5.74, 6) is -13.0. The molecular weight excluding hydrogens is 1970 g/mol. The molecule has 6 atom stereocenters. The van der Waals surface area contributed by atoms with Crippen LogP contribution in [0.3, 0.4) is 0 Å². The fraction of sp³-hybridized carbons (Fsp3) is 0.362. The van der Waals surface area contributed by atoms with E-state index in [1.54, 1.807) is 30.3 Å². The van der Waals surface area contributed by atoms with Crippen LogP contribution in [0.15, 0.2) is 97.1 Å². The van der Waals surface area contributed by atoms with Gasteiger partial charge in [-0.05, 0) is 227 Å². The van der Waals surface area contributed by atoms with Crippen molar-refractivity contribution in [3.63, 3.8) is 0 Å². The monoisotopic (exact) mass is 2090 g/mol. The quantitative estimate of drug-likeness (QED) is 0.00985. The molecule has 0 aliphatic rings. The molecule has 10 rings (SSSR count). The zero-order valence-corrected chi connectivity index (χ0v) is 84.6. The Labute approximate surface area is 842 Å². The number of nitrogens with two attached hydrogens (primary N) is 10. The van der Waals surface area contributed by atoms with Crippen LogP contribution in [-0.4, -0.2) is 112 Å². The molecule has 36 nitrogen and oxygen atoms in total. The Hall–Kier alpha value is -15.1. The zero-order chi connectivity index (χ0) is 110. The molecule has 0 aliphatic heterocycles. The normalized spacial score (nSPS) is 11.6. The first-order chi connectivity index (χ1) is 67.3. The van der Waals surface area contributed by atoms with Gasteiger partial charge < -0.3 is 99.9 Å². The van der Waals surface area contributed by atoms with E-state index in [-0.39, 0.29) is 74.6 Å². The van der Waals surface area contributed by atoms with Gasteiger partial charge in [-0.1, -0.05) is 83.1 Å². The summed E-state index contributed by atoms with van der Waals surface area (Å²) in [6.07, 6.45) is 3.02. The van der Waals surface area contributed by atoms with E-state index in [0.29, 0.717) is 100 Å². The van der Waals surface area contributed by atoms with Gasteiger partial charge in [0.05, 0.1) is 62.7 Å². The van der Waals surface area contributed by atoms with Crippen LogP contribution in [0, 0.1) is 167 Å². The molecule has 30 N–H and O–H groups in total. The Morgan fingerprint density at radius 3 is 0.785 bits per heavy atom. The number of carbonyl (C=O) groups is 8. The van der Waals surface area contributed by atoms with E-state index in [2.05, 4.69) is 60.0 Å². The lowest BCUT2D eigenvalue weighted by molar-refractivity contribution is -0.176. The highest BCUT2D eigenvalue weighted by molar-refractivity contribution is 7.11. The molecule has 4 heterocycles. The summed E-state index contributed by atoms with van der Waals surface area (Å²) in [5.41, 5.74) is 55.7. The maximum Gasteiger partial charge on any atom is 0.253 e. The molecule has 0 saturated heterocycles. The Balaban J connectivity index is 0.000000570. The number of nitriles is 4. The third kappa shape index (κ3) is 44.4. The number of primary amides is 8. The third-order valence-corrected chi connectivity index (χ3v) is 21.8. The van der Waals surface area contributed by atoms with Gasteiger partial charge in [0, 0.05) is 40.9 Å². The van der Waals surface area contributed by atoms with Crippen LogP contribution in [0.4, 0.5) is 109 Å². The maximum absolute atomic E-state index is 14.5. The smallest absolute Gasteiger partial charge is 0.253 e. The number of nitrogens with zero attached hydrogens (tertiary/aromatic N) is 8. The van der Waals surface area contributed by atoms with Crippen molar-refractivity contribution in [3.8, 4) is 24.3 Å². The van der Waals surface area contributed by atoms with E-state index in [4.69, 9.17) is 83.6 Å². The van der Waals surface area contributed by atoms with E-state index in [1.807, 2.05) is 123 Å². The van der Waals surface area contributed by atoms with Crippen molar-refractivity contribution in [1.82, 2.24) is 17.5 Å². The maximum atomic E-state index is 14.5. The number of halogens is 10. The molecule has 0 bridgehead atoms. The van der Waals surface area contributed by atoms with Crippen molar-refractivity contribution in [2.24, 2.45) is 87.1 Å².